The van der Waals surface area contributed by atoms with Gasteiger partial charge in [-0.05, 0) is 31.7 Å². The SMILES string of the molecule is C[C@@]12OC(=O)[C@@H]1CCC2Cc1ccccc1. The number of carbonyl (C=O) groups is 1. The van der Waals surface area contributed by atoms with E-state index < -0.39 is 0 Å². The van der Waals surface area contributed by atoms with Gasteiger partial charge in [0.2, 0.25) is 0 Å². The summed E-state index contributed by atoms with van der Waals surface area (Å²) in [7, 11) is 0. The van der Waals surface area contributed by atoms with Gasteiger partial charge in [0.1, 0.15) is 5.60 Å². The quantitative estimate of drug-likeness (QED) is 0.710. The standard InChI is InChI=1S/C14H16O2/c1-14-11(7-8-12(14)13(15)16-14)9-10-5-3-2-4-6-10/h2-6,11-12H,7-9H2,1H3/t11?,12-,14-/m0/s1. The molecule has 16 heavy (non-hydrogen) atoms. The molecule has 1 saturated heterocycles. The predicted octanol–water partition coefficient (Wildman–Crippen LogP) is 2.57. The summed E-state index contributed by atoms with van der Waals surface area (Å²) in [4.78, 5) is 11.3. The molecular weight excluding hydrogens is 200 g/mol. The van der Waals surface area contributed by atoms with E-state index in [-0.39, 0.29) is 17.5 Å². The first-order valence-corrected chi connectivity index (χ1v) is 5.97. The van der Waals surface area contributed by atoms with E-state index in [0.717, 1.165) is 19.3 Å². The average molecular weight is 216 g/mol. The molecule has 84 valence electrons. The monoisotopic (exact) mass is 216 g/mol. The highest BCUT2D eigenvalue weighted by Crippen LogP contribution is 2.51. The molecule has 3 rings (SSSR count). The fraction of sp³-hybridized carbons (Fsp3) is 0.500. The molecule has 0 radical (unpaired) electrons. The zero-order valence-corrected chi connectivity index (χ0v) is 9.48. The van der Waals surface area contributed by atoms with Gasteiger partial charge in [-0.1, -0.05) is 30.3 Å². The summed E-state index contributed by atoms with van der Waals surface area (Å²) in [6.07, 6.45) is 3.15. The molecule has 2 fully saturated rings. The first kappa shape index (κ1) is 9.88. The third-order valence-electron chi connectivity index (χ3n) is 4.24. The van der Waals surface area contributed by atoms with Crippen molar-refractivity contribution in [3.05, 3.63) is 35.9 Å². The maximum atomic E-state index is 11.3. The Labute approximate surface area is 95.6 Å². The van der Waals surface area contributed by atoms with Gasteiger partial charge in [-0.15, -0.1) is 0 Å². The van der Waals surface area contributed by atoms with Crippen LogP contribution in [-0.2, 0) is 16.0 Å². The molecule has 0 spiro atoms. The average Bonchev–Trinajstić information content (AvgIpc) is 2.52. The fourth-order valence-electron chi connectivity index (χ4n) is 3.17. The number of hydrogen-bond donors (Lipinski definition) is 0. The van der Waals surface area contributed by atoms with Gasteiger partial charge >= 0.3 is 5.97 Å². The third-order valence-corrected chi connectivity index (χ3v) is 4.24. The Kier molecular flexibility index (Phi) is 2.06. The van der Waals surface area contributed by atoms with Crippen LogP contribution in [0.3, 0.4) is 0 Å². The second kappa shape index (κ2) is 3.34. The van der Waals surface area contributed by atoms with Gasteiger partial charge in [-0.2, -0.15) is 0 Å². The topological polar surface area (TPSA) is 26.3 Å². The van der Waals surface area contributed by atoms with E-state index in [2.05, 4.69) is 31.2 Å². The van der Waals surface area contributed by atoms with Crippen molar-refractivity contribution in [2.24, 2.45) is 11.8 Å². The number of hydrogen-bond acceptors (Lipinski definition) is 2. The number of benzene rings is 1. The minimum absolute atomic E-state index is 0.0121. The van der Waals surface area contributed by atoms with E-state index in [4.69, 9.17) is 4.74 Å². The lowest BCUT2D eigenvalue weighted by molar-refractivity contribution is -0.210. The Hall–Kier alpha value is -1.31. The molecule has 3 atom stereocenters. The van der Waals surface area contributed by atoms with Crippen molar-refractivity contribution in [3.63, 3.8) is 0 Å². The van der Waals surface area contributed by atoms with Crippen LogP contribution in [0.5, 0.6) is 0 Å². The Morgan fingerprint density at radius 2 is 2.06 bits per heavy atom. The molecule has 1 aromatic carbocycles. The second-order valence-electron chi connectivity index (χ2n) is 5.12. The molecule has 2 heteroatoms. The first-order chi connectivity index (χ1) is 7.70. The zero-order valence-electron chi connectivity index (χ0n) is 9.48. The number of rotatable bonds is 2. The fourth-order valence-corrected chi connectivity index (χ4v) is 3.17. The highest BCUT2D eigenvalue weighted by Gasteiger charge is 2.60. The van der Waals surface area contributed by atoms with Crippen molar-refractivity contribution >= 4 is 5.97 Å². The number of fused-ring (bicyclic) bond motifs is 1. The lowest BCUT2D eigenvalue weighted by Gasteiger charge is -2.44. The van der Waals surface area contributed by atoms with Crippen molar-refractivity contribution in [1.29, 1.82) is 0 Å². The highest BCUT2D eigenvalue weighted by atomic mass is 16.6. The first-order valence-electron chi connectivity index (χ1n) is 5.97. The summed E-state index contributed by atoms with van der Waals surface area (Å²) in [5, 5.41) is 0. The van der Waals surface area contributed by atoms with Crippen LogP contribution < -0.4 is 0 Å². The maximum Gasteiger partial charge on any atom is 0.313 e. The Bertz CT molecular complexity index is 412. The van der Waals surface area contributed by atoms with Crippen molar-refractivity contribution in [2.75, 3.05) is 0 Å². The molecule has 1 aromatic rings. The smallest absolute Gasteiger partial charge is 0.313 e. The molecular formula is C14H16O2. The number of ether oxygens (including phenoxy) is 1. The van der Waals surface area contributed by atoms with Gasteiger partial charge in [-0.3, -0.25) is 4.79 Å². The third kappa shape index (κ3) is 1.29. The van der Waals surface area contributed by atoms with Gasteiger partial charge in [0, 0.05) is 5.92 Å². The van der Waals surface area contributed by atoms with Crippen molar-refractivity contribution in [2.45, 2.75) is 31.8 Å². The highest BCUT2D eigenvalue weighted by molar-refractivity contribution is 5.81. The minimum Gasteiger partial charge on any atom is -0.458 e. The molecule has 2 nitrogen and oxygen atoms in total. The van der Waals surface area contributed by atoms with E-state index >= 15 is 0 Å². The van der Waals surface area contributed by atoms with Gasteiger partial charge < -0.3 is 4.74 Å². The molecule has 1 saturated carbocycles. The molecule has 1 heterocycles. The minimum atomic E-state index is -0.174. The normalized spacial score (nSPS) is 36.4. The molecule has 2 aliphatic rings. The van der Waals surface area contributed by atoms with E-state index in [9.17, 15) is 4.79 Å². The molecule has 0 bridgehead atoms. The molecule has 0 amide bonds. The molecule has 1 aliphatic carbocycles. The van der Waals surface area contributed by atoms with E-state index in [1.807, 2.05) is 6.07 Å². The van der Waals surface area contributed by atoms with E-state index in [0.29, 0.717) is 5.92 Å². The second-order valence-corrected chi connectivity index (χ2v) is 5.12. The van der Waals surface area contributed by atoms with Gasteiger partial charge in [0.25, 0.3) is 0 Å². The van der Waals surface area contributed by atoms with E-state index in [1.165, 1.54) is 5.56 Å². The number of esters is 1. The van der Waals surface area contributed by atoms with E-state index in [1.54, 1.807) is 0 Å². The van der Waals surface area contributed by atoms with Crippen LogP contribution >= 0.6 is 0 Å². The van der Waals surface area contributed by atoms with Crippen LogP contribution in [0.2, 0.25) is 0 Å². The summed E-state index contributed by atoms with van der Waals surface area (Å²) >= 11 is 0. The summed E-state index contributed by atoms with van der Waals surface area (Å²) in [5.41, 5.74) is 1.17. The summed E-state index contributed by atoms with van der Waals surface area (Å²) in [6.45, 7) is 2.10. The largest absolute Gasteiger partial charge is 0.458 e. The van der Waals surface area contributed by atoms with Crippen LogP contribution in [0.1, 0.15) is 25.3 Å². The molecule has 1 unspecified atom stereocenters. The van der Waals surface area contributed by atoms with Gasteiger partial charge in [0.05, 0.1) is 5.92 Å². The summed E-state index contributed by atoms with van der Waals surface area (Å²) in [5.74, 6) is 0.678. The van der Waals surface area contributed by atoms with Crippen LogP contribution in [0, 0.1) is 11.8 Å². The summed E-state index contributed by atoms with van der Waals surface area (Å²) < 4.78 is 5.40. The lowest BCUT2D eigenvalue weighted by atomic mass is 9.78. The van der Waals surface area contributed by atoms with Crippen molar-refractivity contribution in [1.82, 2.24) is 0 Å². The van der Waals surface area contributed by atoms with Crippen LogP contribution in [0.4, 0.5) is 0 Å². The van der Waals surface area contributed by atoms with Crippen LogP contribution in [0.25, 0.3) is 0 Å². The zero-order chi connectivity index (χ0) is 11.2. The van der Waals surface area contributed by atoms with Crippen LogP contribution in [0.15, 0.2) is 30.3 Å². The number of carbonyl (C=O) groups excluding carboxylic acids is 1. The predicted molar refractivity (Wildman–Crippen MR) is 60.9 cm³/mol. The Morgan fingerprint density at radius 1 is 1.31 bits per heavy atom. The molecule has 0 aromatic heterocycles. The molecule has 1 aliphatic heterocycles. The Morgan fingerprint density at radius 3 is 2.69 bits per heavy atom. The van der Waals surface area contributed by atoms with Crippen molar-refractivity contribution in [3.8, 4) is 0 Å². The van der Waals surface area contributed by atoms with Crippen LogP contribution in [-0.4, -0.2) is 11.6 Å². The Balaban J connectivity index is 1.76. The van der Waals surface area contributed by atoms with Gasteiger partial charge in [-0.25, -0.2) is 0 Å². The molecule has 0 N–H and O–H groups in total. The maximum absolute atomic E-state index is 11.3. The summed E-state index contributed by atoms with van der Waals surface area (Å²) in [6, 6.07) is 10.5. The van der Waals surface area contributed by atoms with Crippen molar-refractivity contribution < 1.29 is 9.53 Å². The lowest BCUT2D eigenvalue weighted by Crippen LogP contribution is -2.55. The van der Waals surface area contributed by atoms with Gasteiger partial charge in [0.15, 0.2) is 0 Å².